The van der Waals surface area contributed by atoms with E-state index in [1.165, 1.54) is 37.9 Å². The predicted octanol–water partition coefficient (Wildman–Crippen LogP) is 3.78. The maximum Gasteiger partial charge on any atom is 0.234 e. The number of hydrogen-bond acceptors (Lipinski definition) is 5. The minimum Gasteiger partial charge on any atom is -0.326 e. The molecule has 7 nitrogen and oxygen atoms in total. The minimum atomic E-state index is -0.147. The van der Waals surface area contributed by atoms with Gasteiger partial charge in [-0.3, -0.25) is 9.59 Å². The molecule has 1 heterocycles. The molecule has 0 saturated heterocycles. The van der Waals surface area contributed by atoms with E-state index < -0.39 is 0 Å². The van der Waals surface area contributed by atoms with Crippen molar-refractivity contribution in [1.29, 1.82) is 0 Å². The highest BCUT2D eigenvalue weighted by atomic mass is 32.2. The van der Waals surface area contributed by atoms with Gasteiger partial charge in [-0.1, -0.05) is 37.1 Å². The summed E-state index contributed by atoms with van der Waals surface area (Å²) >= 11 is 1.41. The molecule has 1 aliphatic carbocycles. The maximum atomic E-state index is 12.3. The summed E-state index contributed by atoms with van der Waals surface area (Å²) in [4.78, 5) is 23.5. The lowest BCUT2D eigenvalue weighted by Gasteiger charge is -2.24. The average molecular weight is 388 g/mol. The molecule has 8 heteroatoms. The quantitative estimate of drug-likeness (QED) is 0.736. The van der Waals surface area contributed by atoms with Crippen molar-refractivity contribution in [1.82, 2.24) is 14.8 Å². The van der Waals surface area contributed by atoms with Gasteiger partial charge in [0.1, 0.15) is 5.82 Å². The van der Waals surface area contributed by atoms with Crippen molar-refractivity contribution in [2.24, 2.45) is 0 Å². The molecule has 0 atom stereocenters. The van der Waals surface area contributed by atoms with Crippen molar-refractivity contribution in [3.05, 3.63) is 30.1 Å². The van der Waals surface area contributed by atoms with Crippen LogP contribution >= 0.6 is 11.8 Å². The van der Waals surface area contributed by atoms with Gasteiger partial charge < -0.3 is 15.2 Å². The fraction of sp³-hybridized carbons (Fsp3) is 0.474. The monoisotopic (exact) mass is 387 g/mol. The van der Waals surface area contributed by atoms with Crippen LogP contribution in [0.1, 0.15) is 50.9 Å². The number of carbonyl (C=O) groups excluding carboxylic acids is 2. The second-order valence-corrected chi connectivity index (χ2v) is 7.73. The Morgan fingerprint density at radius 1 is 1.15 bits per heavy atom. The summed E-state index contributed by atoms with van der Waals surface area (Å²) in [5, 5.41) is 14.9. The number of rotatable bonds is 6. The van der Waals surface area contributed by atoms with Crippen molar-refractivity contribution in [2.75, 3.05) is 16.4 Å². The Kier molecular flexibility index (Phi) is 6.49. The number of aromatic nitrogens is 3. The number of benzene rings is 1. The average Bonchev–Trinajstić information content (AvgIpc) is 3.01. The van der Waals surface area contributed by atoms with E-state index in [9.17, 15) is 9.59 Å². The zero-order valence-electron chi connectivity index (χ0n) is 15.7. The third-order valence-corrected chi connectivity index (χ3v) is 5.52. The summed E-state index contributed by atoms with van der Waals surface area (Å²) in [5.74, 6) is 0.907. The molecule has 0 aliphatic heterocycles. The van der Waals surface area contributed by atoms with Gasteiger partial charge in [0.05, 0.1) is 5.75 Å². The maximum absolute atomic E-state index is 12.3. The predicted molar refractivity (Wildman–Crippen MR) is 107 cm³/mol. The van der Waals surface area contributed by atoms with Crippen molar-refractivity contribution < 1.29 is 9.59 Å². The summed E-state index contributed by atoms with van der Waals surface area (Å²) in [7, 11) is 0. The third kappa shape index (κ3) is 5.32. The topological polar surface area (TPSA) is 88.9 Å². The van der Waals surface area contributed by atoms with Crippen LogP contribution < -0.4 is 10.6 Å². The molecular weight excluding hydrogens is 362 g/mol. The molecule has 0 radical (unpaired) electrons. The molecule has 3 rings (SSSR count). The molecule has 144 valence electrons. The highest BCUT2D eigenvalue weighted by Gasteiger charge is 2.21. The van der Waals surface area contributed by atoms with Gasteiger partial charge in [0.2, 0.25) is 11.8 Å². The lowest BCUT2D eigenvalue weighted by atomic mass is 9.95. The second-order valence-electron chi connectivity index (χ2n) is 6.79. The summed E-state index contributed by atoms with van der Waals surface area (Å²) in [6, 6.07) is 7.54. The van der Waals surface area contributed by atoms with E-state index in [1.807, 2.05) is 6.92 Å². The summed E-state index contributed by atoms with van der Waals surface area (Å²) in [6.45, 7) is 3.42. The molecule has 1 saturated carbocycles. The molecule has 2 N–H and O–H groups in total. The molecule has 2 amide bonds. The molecule has 2 aromatic rings. The van der Waals surface area contributed by atoms with Gasteiger partial charge in [-0.15, -0.1) is 10.2 Å². The zero-order chi connectivity index (χ0) is 19.2. The molecule has 0 unspecified atom stereocenters. The molecule has 1 fully saturated rings. The van der Waals surface area contributed by atoms with Crippen LogP contribution in [-0.4, -0.2) is 32.3 Å². The van der Waals surface area contributed by atoms with Gasteiger partial charge in [0, 0.05) is 24.3 Å². The SMILES string of the molecule is CC(=O)Nc1cccc(NC(=O)CSc2nnc(C)n2C2CCCCC2)c1. The molecule has 1 aliphatic rings. The summed E-state index contributed by atoms with van der Waals surface area (Å²) in [5.41, 5.74) is 1.30. The van der Waals surface area contributed by atoms with Crippen molar-refractivity contribution in [3.8, 4) is 0 Å². The first-order chi connectivity index (χ1) is 13.0. The van der Waals surface area contributed by atoms with Crippen LogP contribution in [-0.2, 0) is 9.59 Å². The highest BCUT2D eigenvalue weighted by molar-refractivity contribution is 7.99. The fourth-order valence-corrected chi connectivity index (χ4v) is 4.26. The summed E-state index contributed by atoms with van der Waals surface area (Å²) < 4.78 is 2.19. The van der Waals surface area contributed by atoms with Gasteiger partial charge in [0.25, 0.3) is 0 Å². The zero-order valence-corrected chi connectivity index (χ0v) is 16.5. The van der Waals surface area contributed by atoms with Crippen LogP contribution in [0.2, 0.25) is 0 Å². The Balaban J connectivity index is 1.59. The number of hydrogen-bond donors (Lipinski definition) is 2. The standard InChI is InChI=1S/C19H25N5O2S/c1-13-22-23-19(24(13)17-9-4-3-5-10-17)27-12-18(26)21-16-8-6-7-15(11-16)20-14(2)25/h6-8,11,17H,3-5,9-10,12H2,1-2H3,(H,20,25)(H,21,26). The Bertz CT molecular complexity index is 814. The first-order valence-corrected chi connectivity index (χ1v) is 10.2. The van der Waals surface area contributed by atoms with Gasteiger partial charge in [-0.25, -0.2) is 0 Å². The van der Waals surface area contributed by atoms with Crippen LogP contribution in [0.15, 0.2) is 29.4 Å². The lowest BCUT2D eigenvalue weighted by Crippen LogP contribution is -2.17. The Labute approximate surface area is 163 Å². The van der Waals surface area contributed by atoms with E-state index in [2.05, 4.69) is 25.4 Å². The number of thioether (sulfide) groups is 1. The smallest absolute Gasteiger partial charge is 0.234 e. The molecule has 27 heavy (non-hydrogen) atoms. The minimum absolute atomic E-state index is 0.115. The lowest BCUT2D eigenvalue weighted by molar-refractivity contribution is -0.114. The van der Waals surface area contributed by atoms with Crippen LogP contribution in [0.25, 0.3) is 0 Å². The number of carbonyl (C=O) groups is 2. The number of nitrogens with one attached hydrogen (secondary N) is 2. The Morgan fingerprint density at radius 3 is 2.56 bits per heavy atom. The molecule has 0 spiro atoms. The van der Waals surface area contributed by atoms with E-state index in [1.54, 1.807) is 24.3 Å². The third-order valence-electron chi connectivity index (χ3n) is 4.57. The van der Waals surface area contributed by atoms with Crippen molar-refractivity contribution in [2.45, 2.75) is 57.1 Å². The van der Waals surface area contributed by atoms with E-state index in [-0.39, 0.29) is 17.6 Å². The number of nitrogens with zero attached hydrogens (tertiary/aromatic N) is 3. The Hall–Kier alpha value is -2.35. The number of amides is 2. The number of aryl methyl sites for hydroxylation is 1. The van der Waals surface area contributed by atoms with E-state index in [4.69, 9.17) is 0 Å². The van der Waals surface area contributed by atoms with Crippen LogP contribution in [0.3, 0.4) is 0 Å². The fourth-order valence-electron chi connectivity index (χ4n) is 3.41. The second kappa shape index (κ2) is 9.03. The first-order valence-electron chi connectivity index (χ1n) is 9.25. The van der Waals surface area contributed by atoms with Crippen LogP contribution in [0, 0.1) is 6.92 Å². The normalized spacial score (nSPS) is 14.7. The summed E-state index contributed by atoms with van der Waals surface area (Å²) in [6.07, 6.45) is 6.05. The van der Waals surface area contributed by atoms with Crippen molar-refractivity contribution in [3.63, 3.8) is 0 Å². The first kappa shape index (κ1) is 19.4. The molecule has 1 aromatic carbocycles. The van der Waals surface area contributed by atoms with Gasteiger partial charge in [-0.2, -0.15) is 0 Å². The molecular formula is C19H25N5O2S. The van der Waals surface area contributed by atoms with Gasteiger partial charge >= 0.3 is 0 Å². The van der Waals surface area contributed by atoms with Gasteiger partial charge in [-0.05, 0) is 38.0 Å². The molecule has 0 bridgehead atoms. The largest absolute Gasteiger partial charge is 0.326 e. The van der Waals surface area contributed by atoms with E-state index in [0.717, 1.165) is 23.8 Å². The highest BCUT2D eigenvalue weighted by Crippen LogP contribution is 2.32. The van der Waals surface area contributed by atoms with E-state index in [0.29, 0.717) is 17.4 Å². The molecule has 1 aromatic heterocycles. The van der Waals surface area contributed by atoms with Crippen LogP contribution in [0.4, 0.5) is 11.4 Å². The van der Waals surface area contributed by atoms with Gasteiger partial charge in [0.15, 0.2) is 5.16 Å². The number of anilines is 2. The van der Waals surface area contributed by atoms with Crippen LogP contribution in [0.5, 0.6) is 0 Å². The van der Waals surface area contributed by atoms with E-state index >= 15 is 0 Å². The Morgan fingerprint density at radius 2 is 1.85 bits per heavy atom. The van der Waals surface area contributed by atoms with Crippen molar-refractivity contribution >= 4 is 35.0 Å².